The van der Waals surface area contributed by atoms with Gasteiger partial charge in [-0.2, -0.15) is 0 Å². The lowest BCUT2D eigenvalue weighted by Gasteiger charge is -2.10. The van der Waals surface area contributed by atoms with Gasteiger partial charge in [0.1, 0.15) is 5.82 Å². The van der Waals surface area contributed by atoms with Crippen LogP contribution >= 0.6 is 11.3 Å². The van der Waals surface area contributed by atoms with Gasteiger partial charge < -0.3 is 9.47 Å². The summed E-state index contributed by atoms with van der Waals surface area (Å²) in [6.07, 6.45) is 3.76. The Kier molecular flexibility index (Phi) is 4.56. The molecule has 3 heterocycles. The number of fused-ring (bicyclic) bond motifs is 3. The summed E-state index contributed by atoms with van der Waals surface area (Å²) in [6.45, 7) is 2.85. The summed E-state index contributed by atoms with van der Waals surface area (Å²) in [5.41, 5.74) is 3.37. The molecule has 0 unspecified atom stereocenters. The standard InChI is InChI=1S/C22H19FN2O3S/c1-2-27-21(26)14-6-8-18-20(11-14)29-22-24-17(12-25(18)22)15-7-5-13(10-16(15)23)19-4-3-9-28-19/h5-8,10-12,19H,2-4,9H2,1H3/t19-/m1/s1. The van der Waals surface area contributed by atoms with Gasteiger partial charge in [0.05, 0.1) is 34.2 Å². The maximum absolute atomic E-state index is 14.8. The lowest BCUT2D eigenvalue weighted by molar-refractivity contribution is 0.0526. The molecule has 0 saturated carbocycles. The fourth-order valence-electron chi connectivity index (χ4n) is 3.75. The van der Waals surface area contributed by atoms with Gasteiger partial charge in [-0.15, -0.1) is 0 Å². The molecule has 0 radical (unpaired) electrons. The maximum atomic E-state index is 14.8. The minimum atomic E-state index is -0.338. The number of aromatic nitrogens is 2. The Hall–Kier alpha value is -2.77. The zero-order valence-corrected chi connectivity index (χ0v) is 16.7. The number of esters is 1. The number of ether oxygens (including phenoxy) is 2. The van der Waals surface area contributed by atoms with Crippen molar-refractivity contribution >= 4 is 32.5 Å². The van der Waals surface area contributed by atoms with Crippen LogP contribution in [0.2, 0.25) is 0 Å². The van der Waals surface area contributed by atoms with Gasteiger partial charge in [0.25, 0.3) is 0 Å². The largest absolute Gasteiger partial charge is 0.462 e. The molecule has 0 amide bonds. The number of hydrogen-bond acceptors (Lipinski definition) is 5. The number of halogens is 1. The van der Waals surface area contributed by atoms with Crippen molar-refractivity contribution in [2.75, 3.05) is 13.2 Å². The van der Waals surface area contributed by atoms with E-state index in [2.05, 4.69) is 4.98 Å². The summed E-state index contributed by atoms with van der Waals surface area (Å²) in [4.78, 5) is 17.3. The molecule has 1 fully saturated rings. The molecule has 1 saturated heterocycles. The Balaban J connectivity index is 1.51. The predicted octanol–water partition coefficient (Wildman–Crippen LogP) is 5.38. The van der Waals surface area contributed by atoms with Crippen molar-refractivity contribution < 1.29 is 18.7 Å². The first-order valence-corrected chi connectivity index (χ1v) is 10.5. The average Bonchev–Trinajstić information content (AvgIpc) is 3.44. The minimum Gasteiger partial charge on any atom is -0.462 e. The van der Waals surface area contributed by atoms with E-state index in [1.165, 1.54) is 11.3 Å². The second kappa shape index (κ2) is 7.24. The van der Waals surface area contributed by atoms with Gasteiger partial charge >= 0.3 is 5.97 Å². The Labute approximate surface area is 170 Å². The zero-order chi connectivity index (χ0) is 20.0. The summed E-state index contributed by atoms with van der Waals surface area (Å²) >= 11 is 1.46. The third kappa shape index (κ3) is 3.20. The Morgan fingerprint density at radius 1 is 1.34 bits per heavy atom. The van der Waals surface area contributed by atoms with E-state index in [9.17, 15) is 9.18 Å². The molecule has 0 spiro atoms. The number of thiazole rings is 1. The molecule has 0 N–H and O–H groups in total. The molecule has 5 nitrogen and oxygen atoms in total. The lowest BCUT2D eigenvalue weighted by Crippen LogP contribution is -2.03. The van der Waals surface area contributed by atoms with Crippen molar-refractivity contribution in [1.82, 2.24) is 9.38 Å². The molecule has 4 aromatic rings. The number of carbonyl (C=O) groups excluding carboxylic acids is 1. The van der Waals surface area contributed by atoms with Gasteiger partial charge in [0.15, 0.2) is 4.96 Å². The summed E-state index contributed by atoms with van der Waals surface area (Å²) < 4.78 is 28.4. The van der Waals surface area contributed by atoms with Crippen LogP contribution in [-0.2, 0) is 9.47 Å². The Bertz CT molecular complexity index is 1220. The number of nitrogens with zero attached hydrogens (tertiary/aromatic N) is 2. The Morgan fingerprint density at radius 2 is 2.24 bits per heavy atom. The Morgan fingerprint density at radius 3 is 3.00 bits per heavy atom. The number of carbonyl (C=O) groups is 1. The van der Waals surface area contributed by atoms with Gasteiger partial charge in [-0.3, -0.25) is 4.40 Å². The molecular weight excluding hydrogens is 391 g/mol. The van der Waals surface area contributed by atoms with Crippen LogP contribution in [0.25, 0.3) is 26.4 Å². The first kappa shape index (κ1) is 18.3. The fourth-order valence-corrected chi connectivity index (χ4v) is 4.80. The predicted molar refractivity (Wildman–Crippen MR) is 110 cm³/mol. The molecule has 1 atom stereocenters. The van der Waals surface area contributed by atoms with Crippen LogP contribution in [0.3, 0.4) is 0 Å². The van der Waals surface area contributed by atoms with Crippen LogP contribution in [0.4, 0.5) is 4.39 Å². The van der Waals surface area contributed by atoms with E-state index in [0.29, 0.717) is 23.4 Å². The highest BCUT2D eigenvalue weighted by Crippen LogP contribution is 2.34. The number of imidazole rings is 1. The van der Waals surface area contributed by atoms with E-state index in [0.717, 1.165) is 40.2 Å². The molecular formula is C22H19FN2O3S. The second-order valence-corrected chi connectivity index (χ2v) is 8.03. The average molecular weight is 410 g/mol. The second-order valence-electron chi connectivity index (χ2n) is 7.02. The molecule has 5 rings (SSSR count). The summed E-state index contributed by atoms with van der Waals surface area (Å²) in [5, 5.41) is 0. The van der Waals surface area contributed by atoms with E-state index >= 15 is 0 Å². The van der Waals surface area contributed by atoms with Crippen LogP contribution < -0.4 is 0 Å². The van der Waals surface area contributed by atoms with Crippen LogP contribution in [0.5, 0.6) is 0 Å². The van der Waals surface area contributed by atoms with E-state index in [4.69, 9.17) is 9.47 Å². The van der Waals surface area contributed by atoms with Gasteiger partial charge in [0.2, 0.25) is 0 Å². The quantitative estimate of drug-likeness (QED) is 0.424. The normalized spacial score (nSPS) is 16.7. The SMILES string of the molecule is CCOC(=O)c1ccc2c(c1)sc1nc(-c3ccc([C@H]4CCCO4)cc3F)cn12. The van der Waals surface area contributed by atoms with Crippen molar-refractivity contribution in [3.63, 3.8) is 0 Å². The summed E-state index contributed by atoms with van der Waals surface area (Å²) in [6, 6.07) is 10.7. The van der Waals surface area contributed by atoms with Crippen molar-refractivity contribution in [1.29, 1.82) is 0 Å². The number of hydrogen-bond donors (Lipinski definition) is 0. The number of benzene rings is 2. The molecule has 7 heteroatoms. The van der Waals surface area contributed by atoms with Crippen LogP contribution in [0.15, 0.2) is 42.6 Å². The smallest absolute Gasteiger partial charge is 0.338 e. The van der Waals surface area contributed by atoms with Crippen LogP contribution in [0, 0.1) is 5.82 Å². The lowest BCUT2D eigenvalue weighted by atomic mass is 10.0. The molecule has 0 aliphatic carbocycles. The summed E-state index contributed by atoms with van der Waals surface area (Å²) in [7, 11) is 0. The van der Waals surface area contributed by atoms with Gasteiger partial charge in [-0.05, 0) is 55.7 Å². The molecule has 1 aliphatic heterocycles. The third-order valence-electron chi connectivity index (χ3n) is 5.18. The zero-order valence-electron chi connectivity index (χ0n) is 15.9. The molecule has 148 valence electrons. The highest BCUT2D eigenvalue weighted by atomic mass is 32.1. The fraction of sp³-hybridized carbons (Fsp3) is 0.273. The highest BCUT2D eigenvalue weighted by molar-refractivity contribution is 7.23. The van der Waals surface area contributed by atoms with Gasteiger partial charge in [-0.1, -0.05) is 17.4 Å². The summed E-state index contributed by atoms with van der Waals surface area (Å²) in [5.74, 6) is -0.632. The van der Waals surface area contributed by atoms with Crippen LogP contribution in [0.1, 0.15) is 41.8 Å². The topological polar surface area (TPSA) is 52.8 Å². The van der Waals surface area contributed by atoms with Crippen molar-refractivity contribution in [3.8, 4) is 11.3 Å². The maximum Gasteiger partial charge on any atom is 0.338 e. The molecule has 2 aromatic heterocycles. The first-order valence-electron chi connectivity index (χ1n) is 9.64. The monoisotopic (exact) mass is 410 g/mol. The molecule has 29 heavy (non-hydrogen) atoms. The van der Waals surface area contributed by atoms with E-state index < -0.39 is 0 Å². The van der Waals surface area contributed by atoms with E-state index in [1.54, 1.807) is 25.1 Å². The van der Waals surface area contributed by atoms with E-state index in [1.807, 2.05) is 28.8 Å². The first-order chi connectivity index (χ1) is 14.1. The molecule has 2 aromatic carbocycles. The number of rotatable bonds is 4. The molecule has 0 bridgehead atoms. The van der Waals surface area contributed by atoms with Crippen molar-refractivity contribution in [3.05, 3.63) is 59.5 Å². The third-order valence-corrected chi connectivity index (χ3v) is 6.19. The highest BCUT2D eigenvalue weighted by Gasteiger charge is 2.20. The van der Waals surface area contributed by atoms with Crippen molar-refractivity contribution in [2.45, 2.75) is 25.9 Å². The van der Waals surface area contributed by atoms with E-state index in [-0.39, 0.29) is 17.9 Å². The van der Waals surface area contributed by atoms with Gasteiger partial charge in [-0.25, -0.2) is 14.2 Å². The van der Waals surface area contributed by atoms with Crippen LogP contribution in [-0.4, -0.2) is 28.6 Å². The van der Waals surface area contributed by atoms with Gasteiger partial charge in [0, 0.05) is 18.4 Å². The molecule has 1 aliphatic rings. The minimum absolute atomic E-state index is 0.0124. The van der Waals surface area contributed by atoms with Crippen molar-refractivity contribution in [2.24, 2.45) is 0 Å².